The van der Waals surface area contributed by atoms with E-state index in [9.17, 15) is 0 Å². The summed E-state index contributed by atoms with van der Waals surface area (Å²) < 4.78 is 0. The van der Waals surface area contributed by atoms with Gasteiger partial charge < -0.3 is 0 Å². The van der Waals surface area contributed by atoms with Crippen LogP contribution in [0.4, 0.5) is 0 Å². The van der Waals surface area contributed by atoms with Gasteiger partial charge in [-0.05, 0) is 38.8 Å². The second-order valence-corrected chi connectivity index (χ2v) is 2.59. The highest BCUT2D eigenvalue weighted by Crippen LogP contribution is 2.11. The van der Waals surface area contributed by atoms with E-state index in [1.165, 1.54) is 11.1 Å². The predicted octanol–water partition coefficient (Wildman–Crippen LogP) is 3.48. The molecule has 0 rings (SSSR count). The van der Waals surface area contributed by atoms with Gasteiger partial charge in [-0.2, -0.15) is 0 Å². The lowest BCUT2D eigenvalue weighted by molar-refractivity contribution is 1.28. The zero-order valence-corrected chi connectivity index (χ0v) is 7.36. The van der Waals surface area contributed by atoms with E-state index in [0.29, 0.717) is 0 Å². The lowest BCUT2D eigenvalue weighted by atomic mass is 10.1. The SMILES string of the molecule is C=C(C)/C(C)=C(/C)C=CC. The third-order valence-corrected chi connectivity index (χ3v) is 1.65. The van der Waals surface area contributed by atoms with Gasteiger partial charge in [0.2, 0.25) is 0 Å². The number of hydrogen-bond donors (Lipinski definition) is 0. The summed E-state index contributed by atoms with van der Waals surface area (Å²) >= 11 is 0. The maximum atomic E-state index is 3.87. The molecule has 0 aliphatic rings. The van der Waals surface area contributed by atoms with Crippen LogP contribution >= 0.6 is 0 Å². The predicted molar refractivity (Wildman–Crippen MR) is 48.0 cm³/mol. The highest BCUT2D eigenvalue weighted by molar-refractivity contribution is 5.34. The Morgan fingerprint density at radius 1 is 1.20 bits per heavy atom. The van der Waals surface area contributed by atoms with Crippen LogP contribution in [0.5, 0.6) is 0 Å². The molecule has 56 valence electrons. The lowest BCUT2D eigenvalue weighted by Gasteiger charge is -2.01. The van der Waals surface area contributed by atoms with E-state index in [4.69, 9.17) is 0 Å². The van der Waals surface area contributed by atoms with E-state index >= 15 is 0 Å². The zero-order chi connectivity index (χ0) is 8.15. The maximum absolute atomic E-state index is 3.87. The summed E-state index contributed by atoms with van der Waals surface area (Å²) in [7, 11) is 0. The molecule has 0 aromatic carbocycles. The normalized spacial score (nSPS) is 13.6. The molecule has 0 unspecified atom stereocenters. The van der Waals surface area contributed by atoms with E-state index in [2.05, 4.69) is 26.5 Å². The Morgan fingerprint density at radius 3 is 2.00 bits per heavy atom. The van der Waals surface area contributed by atoms with Gasteiger partial charge in [0.15, 0.2) is 0 Å². The first kappa shape index (κ1) is 9.22. The van der Waals surface area contributed by atoms with Gasteiger partial charge >= 0.3 is 0 Å². The van der Waals surface area contributed by atoms with Crippen molar-refractivity contribution in [1.29, 1.82) is 0 Å². The molecule has 0 saturated carbocycles. The summed E-state index contributed by atoms with van der Waals surface area (Å²) in [6.07, 6.45) is 4.14. The summed E-state index contributed by atoms with van der Waals surface area (Å²) in [5, 5.41) is 0. The van der Waals surface area contributed by atoms with Crippen LogP contribution in [0.1, 0.15) is 27.7 Å². The molecule has 0 atom stereocenters. The van der Waals surface area contributed by atoms with Crippen LogP contribution in [-0.2, 0) is 0 Å². The third-order valence-electron chi connectivity index (χ3n) is 1.65. The van der Waals surface area contributed by atoms with E-state index < -0.39 is 0 Å². The Bertz CT molecular complexity index is 180. The van der Waals surface area contributed by atoms with Crippen molar-refractivity contribution in [3.63, 3.8) is 0 Å². The fourth-order valence-electron chi connectivity index (χ4n) is 0.712. The van der Waals surface area contributed by atoms with Crippen molar-refractivity contribution in [2.24, 2.45) is 0 Å². The zero-order valence-electron chi connectivity index (χ0n) is 7.36. The molecule has 10 heavy (non-hydrogen) atoms. The molecule has 0 aliphatic carbocycles. The van der Waals surface area contributed by atoms with Gasteiger partial charge in [0, 0.05) is 0 Å². The van der Waals surface area contributed by atoms with Gasteiger partial charge in [0.1, 0.15) is 0 Å². The summed E-state index contributed by atoms with van der Waals surface area (Å²) in [5.74, 6) is 0. The summed E-state index contributed by atoms with van der Waals surface area (Å²) in [4.78, 5) is 0. The van der Waals surface area contributed by atoms with Gasteiger partial charge in [-0.1, -0.05) is 24.3 Å². The van der Waals surface area contributed by atoms with Gasteiger partial charge in [-0.25, -0.2) is 0 Å². The second-order valence-electron chi connectivity index (χ2n) is 2.59. The van der Waals surface area contributed by atoms with E-state index in [1.807, 2.05) is 19.9 Å². The molecule has 0 N–H and O–H groups in total. The van der Waals surface area contributed by atoms with Crippen LogP contribution in [-0.4, -0.2) is 0 Å². The van der Waals surface area contributed by atoms with Crippen LogP contribution in [0.25, 0.3) is 0 Å². The molecule has 0 radical (unpaired) electrons. The minimum absolute atomic E-state index is 1.15. The first-order valence-corrected chi connectivity index (χ1v) is 3.55. The highest BCUT2D eigenvalue weighted by Gasteiger charge is 1.91. The van der Waals surface area contributed by atoms with Crippen molar-refractivity contribution < 1.29 is 0 Å². The van der Waals surface area contributed by atoms with E-state index in [0.717, 1.165) is 5.57 Å². The molecular formula is C10H16. The Kier molecular flexibility index (Phi) is 3.78. The quantitative estimate of drug-likeness (QED) is 0.510. The van der Waals surface area contributed by atoms with Crippen molar-refractivity contribution in [2.75, 3.05) is 0 Å². The van der Waals surface area contributed by atoms with Crippen molar-refractivity contribution in [2.45, 2.75) is 27.7 Å². The maximum Gasteiger partial charge on any atom is -0.0393 e. The van der Waals surface area contributed by atoms with E-state index in [1.54, 1.807) is 0 Å². The molecule has 0 spiro atoms. The van der Waals surface area contributed by atoms with Gasteiger partial charge in [0.25, 0.3) is 0 Å². The standard InChI is InChI=1S/C10H16/c1-6-7-9(4)10(5)8(2)3/h6-7H,2H2,1,3-5H3/b7-6?,10-9-. The molecule has 0 bridgehead atoms. The number of allylic oxidation sites excluding steroid dienone is 5. The summed E-state index contributed by atoms with van der Waals surface area (Å²) in [6, 6.07) is 0. The largest absolute Gasteiger partial charge is 0.0958 e. The third kappa shape index (κ3) is 2.67. The minimum Gasteiger partial charge on any atom is -0.0958 e. The minimum atomic E-state index is 1.15. The lowest BCUT2D eigenvalue weighted by Crippen LogP contribution is -1.80. The fraction of sp³-hybridized carbons (Fsp3) is 0.400. The molecule has 0 aliphatic heterocycles. The van der Waals surface area contributed by atoms with Crippen LogP contribution in [0.2, 0.25) is 0 Å². The topological polar surface area (TPSA) is 0 Å². The molecule has 0 heteroatoms. The van der Waals surface area contributed by atoms with Gasteiger partial charge in [-0.15, -0.1) is 0 Å². The van der Waals surface area contributed by atoms with Crippen molar-refractivity contribution in [1.82, 2.24) is 0 Å². The van der Waals surface area contributed by atoms with Crippen LogP contribution in [0, 0.1) is 0 Å². The van der Waals surface area contributed by atoms with Crippen molar-refractivity contribution in [3.8, 4) is 0 Å². The summed E-state index contributed by atoms with van der Waals surface area (Å²) in [6.45, 7) is 12.1. The van der Waals surface area contributed by atoms with E-state index in [-0.39, 0.29) is 0 Å². The summed E-state index contributed by atoms with van der Waals surface area (Å²) in [5.41, 5.74) is 3.74. The number of hydrogen-bond acceptors (Lipinski definition) is 0. The van der Waals surface area contributed by atoms with Crippen LogP contribution in [0.3, 0.4) is 0 Å². The average molecular weight is 136 g/mol. The van der Waals surface area contributed by atoms with Gasteiger partial charge in [0.05, 0.1) is 0 Å². The molecule has 0 nitrogen and oxygen atoms in total. The first-order chi connectivity index (χ1) is 4.59. The first-order valence-electron chi connectivity index (χ1n) is 3.55. The fourth-order valence-corrected chi connectivity index (χ4v) is 0.712. The Hall–Kier alpha value is -0.780. The average Bonchev–Trinajstić information content (AvgIpc) is 1.87. The van der Waals surface area contributed by atoms with Gasteiger partial charge in [-0.3, -0.25) is 0 Å². The molecule has 0 saturated heterocycles. The smallest absolute Gasteiger partial charge is 0.0393 e. The van der Waals surface area contributed by atoms with Crippen LogP contribution < -0.4 is 0 Å². The van der Waals surface area contributed by atoms with Crippen molar-refractivity contribution in [3.05, 3.63) is 35.5 Å². The molecule has 0 fully saturated rings. The van der Waals surface area contributed by atoms with Crippen molar-refractivity contribution >= 4 is 0 Å². The molecule has 0 aromatic rings. The second kappa shape index (κ2) is 4.10. The van der Waals surface area contributed by atoms with Crippen LogP contribution in [0.15, 0.2) is 35.5 Å². The monoisotopic (exact) mass is 136 g/mol. The highest BCUT2D eigenvalue weighted by atomic mass is 14.0. The molecular weight excluding hydrogens is 120 g/mol. The molecule has 0 heterocycles. The Morgan fingerprint density at radius 2 is 1.70 bits per heavy atom. The Labute approximate surface area is 64.0 Å². The molecule has 0 aromatic heterocycles. The number of rotatable bonds is 2. The molecule has 0 amide bonds. The Balaban J connectivity index is 4.50.